The number of benzene rings is 1. The Hall–Kier alpha value is -2.15. The van der Waals surface area contributed by atoms with Gasteiger partial charge < -0.3 is 9.64 Å². The molecule has 2 heterocycles. The maximum absolute atomic E-state index is 12.8. The van der Waals surface area contributed by atoms with Crippen molar-refractivity contribution in [1.29, 1.82) is 0 Å². The summed E-state index contributed by atoms with van der Waals surface area (Å²) >= 11 is 1.41. The molecular formula is C16H16FN3O2S. The van der Waals surface area contributed by atoms with Gasteiger partial charge in [-0.1, -0.05) is 0 Å². The highest BCUT2D eigenvalue weighted by atomic mass is 32.2. The Bertz CT molecular complexity index is 654. The summed E-state index contributed by atoms with van der Waals surface area (Å²) in [5.74, 6) is 0.602. The quantitative estimate of drug-likeness (QED) is 0.787. The van der Waals surface area contributed by atoms with Crippen LogP contribution in [0.25, 0.3) is 0 Å². The number of carbonyl (C=O) groups is 1. The van der Waals surface area contributed by atoms with Crippen LogP contribution in [0.3, 0.4) is 0 Å². The molecule has 1 unspecified atom stereocenters. The number of amides is 1. The van der Waals surface area contributed by atoms with Crippen LogP contribution in [0.2, 0.25) is 0 Å². The summed E-state index contributed by atoms with van der Waals surface area (Å²) in [5, 5.41) is 0. The van der Waals surface area contributed by atoms with Crippen LogP contribution in [0.4, 0.5) is 4.39 Å². The minimum absolute atomic E-state index is 0.0496. The average Bonchev–Trinajstić information content (AvgIpc) is 3.03. The van der Waals surface area contributed by atoms with E-state index in [1.165, 1.54) is 23.9 Å². The Morgan fingerprint density at radius 2 is 2.17 bits per heavy atom. The fourth-order valence-corrected chi connectivity index (χ4v) is 3.14. The second kappa shape index (κ2) is 7.41. The Morgan fingerprint density at radius 3 is 2.91 bits per heavy atom. The molecule has 0 spiro atoms. The van der Waals surface area contributed by atoms with E-state index in [-0.39, 0.29) is 17.8 Å². The molecule has 0 aliphatic carbocycles. The van der Waals surface area contributed by atoms with Gasteiger partial charge in [-0.25, -0.2) is 9.37 Å². The monoisotopic (exact) mass is 333 g/mol. The molecule has 3 rings (SSSR count). The molecule has 1 aliphatic heterocycles. The highest BCUT2D eigenvalue weighted by Crippen LogP contribution is 2.21. The summed E-state index contributed by atoms with van der Waals surface area (Å²) in [5.41, 5.74) is 0. The van der Waals surface area contributed by atoms with Crippen molar-refractivity contribution in [1.82, 2.24) is 14.9 Å². The van der Waals surface area contributed by atoms with Gasteiger partial charge in [-0.2, -0.15) is 0 Å². The van der Waals surface area contributed by atoms with Crippen LogP contribution in [0.15, 0.2) is 47.8 Å². The Kier molecular flexibility index (Phi) is 5.07. The predicted octanol–water partition coefficient (Wildman–Crippen LogP) is 2.39. The SMILES string of the molecule is O=C(CSc1ccc(F)cc1)N1CCC(Oc2cnccn2)C1. The van der Waals surface area contributed by atoms with Crippen LogP contribution < -0.4 is 4.74 Å². The zero-order valence-electron chi connectivity index (χ0n) is 12.4. The van der Waals surface area contributed by atoms with Gasteiger partial charge >= 0.3 is 0 Å². The normalized spacial score (nSPS) is 17.3. The minimum atomic E-state index is -0.274. The van der Waals surface area contributed by atoms with Gasteiger partial charge in [-0.3, -0.25) is 9.78 Å². The molecule has 1 amide bonds. The summed E-state index contributed by atoms with van der Waals surface area (Å²) in [4.78, 5) is 22.9. The zero-order valence-corrected chi connectivity index (χ0v) is 13.2. The number of hydrogen-bond donors (Lipinski definition) is 0. The lowest BCUT2D eigenvalue weighted by molar-refractivity contribution is -0.127. The molecule has 1 saturated heterocycles. The zero-order chi connectivity index (χ0) is 16.1. The molecule has 0 N–H and O–H groups in total. The molecule has 1 aromatic heterocycles. The largest absolute Gasteiger partial charge is 0.471 e. The number of ether oxygens (including phenoxy) is 1. The third-order valence-corrected chi connectivity index (χ3v) is 4.50. The van der Waals surface area contributed by atoms with Crippen molar-refractivity contribution in [2.75, 3.05) is 18.8 Å². The number of carbonyl (C=O) groups excluding carboxylic acids is 1. The van der Waals surface area contributed by atoms with E-state index in [1.54, 1.807) is 35.6 Å². The first kappa shape index (κ1) is 15.7. The molecule has 2 aromatic rings. The van der Waals surface area contributed by atoms with E-state index in [1.807, 2.05) is 0 Å². The fourth-order valence-electron chi connectivity index (χ4n) is 2.34. The lowest BCUT2D eigenvalue weighted by Gasteiger charge is -2.16. The van der Waals surface area contributed by atoms with E-state index in [4.69, 9.17) is 4.74 Å². The fraction of sp³-hybridized carbons (Fsp3) is 0.312. The molecular weight excluding hydrogens is 317 g/mol. The first-order valence-corrected chi connectivity index (χ1v) is 8.28. The standard InChI is InChI=1S/C16H16FN3O2S/c17-12-1-3-14(4-2-12)23-11-16(21)20-8-5-13(10-20)22-15-9-18-6-7-19-15/h1-4,6-7,9,13H,5,8,10-11H2. The van der Waals surface area contributed by atoms with Gasteiger partial charge in [0, 0.05) is 30.3 Å². The number of thioether (sulfide) groups is 1. The second-order valence-electron chi connectivity index (χ2n) is 5.15. The Labute approximate surface area is 137 Å². The number of halogens is 1. The molecule has 1 aromatic carbocycles. The van der Waals surface area contributed by atoms with Crippen molar-refractivity contribution in [2.24, 2.45) is 0 Å². The number of hydrogen-bond acceptors (Lipinski definition) is 5. The molecule has 1 atom stereocenters. The van der Waals surface area contributed by atoms with Gasteiger partial charge in [0.2, 0.25) is 11.8 Å². The van der Waals surface area contributed by atoms with Crippen molar-refractivity contribution >= 4 is 17.7 Å². The molecule has 0 saturated carbocycles. The molecule has 0 bridgehead atoms. The van der Waals surface area contributed by atoms with Crippen LogP contribution >= 0.6 is 11.8 Å². The van der Waals surface area contributed by atoms with Gasteiger partial charge in [-0.15, -0.1) is 11.8 Å². The van der Waals surface area contributed by atoms with Crippen LogP contribution in [0, 0.1) is 5.82 Å². The van der Waals surface area contributed by atoms with Crippen LogP contribution in [-0.4, -0.2) is 45.7 Å². The molecule has 7 heteroatoms. The summed E-state index contributed by atoms with van der Waals surface area (Å²) in [6, 6.07) is 6.15. The van der Waals surface area contributed by atoms with Crippen molar-refractivity contribution < 1.29 is 13.9 Å². The predicted molar refractivity (Wildman–Crippen MR) is 84.8 cm³/mol. The van der Waals surface area contributed by atoms with Crippen molar-refractivity contribution in [3.05, 3.63) is 48.7 Å². The summed E-state index contributed by atoms with van der Waals surface area (Å²) in [6.45, 7) is 1.23. The Morgan fingerprint density at radius 1 is 1.35 bits per heavy atom. The van der Waals surface area contributed by atoms with E-state index in [0.717, 1.165) is 11.3 Å². The molecule has 1 aliphatic rings. The minimum Gasteiger partial charge on any atom is -0.471 e. The second-order valence-corrected chi connectivity index (χ2v) is 6.20. The molecule has 1 fully saturated rings. The third kappa shape index (κ3) is 4.41. The highest BCUT2D eigenvalue weighted by Gasteiger charge is 2.27. The van der Waals surface area contributed by atoms with Crippen molar-refractivity contribution in [3.63, 3.8) is 0 Å². The average molecular weight is 333 g/mol. The number of likely N-dealkylation sites (tertiary alicyclic amines) is 1. The molecule has 5 nitrogen and oxygen atoms in total. The van der Waals surface area contributed by atoms with Crippen molar-refractivity contribution in [2.45, 2.75) is 17.4 Å². The van der Waals surface area contributed by atoms with Gasteiger partial charge in [0.15, 0.2) is 0 Å². The first-order chi connectivity index (χ1) is 11.2. The van der Waals surface area contributed by atoms with Gasteiger partial charge in [0.25, 0.3) is 0 Å². The number of nitrogens with zero attached hydrogens (tertiary/aromatic N) is 3. The maximum atomic E-state index is 12.8. The summed E-state index contributed by atoms with van der Waals surface area (Å²) < 4.78 is 18.6. The van der Waals surface area contributed by atoms with Crippen LogP contribution in [-0.2, 0) is 4.79 Å². The number of rotatable bonds is 5. The van der Waals surface area contributed by atoms with E-state index in [9.17, 15) is 9.18 Å². The van der Waals surface area contributed by atoms with Crippen LogP contribution in [0.1, 0.15) is 6.42 Å². The van der Waals surface area contributed by atoms with Gasteiger partial charge in [0.1, 0.15) is 11.9 Å². The maximum Gasteiger partial charge on any atom is 0.233 e. The highest BCUT2D eigenvalue weighted by molar-refractivity contribution is 8.00. The topological polar surface area (TPSA) is 55.3 Å². The van der Waals surface area contributed by atoms with Crippen molar-refractivity contribution in [3.8, 4) is 5.88 Å². The third-order valence-electron chi connectivity index (χ3n) is 3.50. The van der Waals surface area contributed by atoms with E-state index < -0.39 is 0 Å². The lowest BCUT2D eigenvalue weighted by atomic mass is 10.3. The van der Waals surface area contributed by atoms with Crippen LogP contribution in [0.5, 0.6) is 5.88 Å². The van der Waals surface area contributed by atoms with E-state index in [2.05, 4.69) is 9.97 Å². The molecule has 0 radical (unpaired) electrons. The van der Waals surface area contributed by atoms with E-state index in [0.29, 0.717) is 24.7 Å². The van der Waals surface area contributed by atoms with Gasteiger partial charge in [0.05, 0.1) is 18.5 Å². The number of aromatic nitrogens is 2. The smallest absolute Gasteiger partial charge is 0.233 e. The first-order valence-electron chi connectivity index (χ1n) is 7.29. The van der Waals surface area contributed by atoms with E-state index >= 15 is 0 Å². The van der Waals surface area contributed by atoms with Gasteiger partial charge in [-0.05, 0) is 24.3 Å². The Balaban J connectivity index is 1.46. The molecule has 23 heavy (non-hydrogen) atoms. The summed E-state index contributed by atoms with van der Waals surface area (Å²) in [6.07, 6.45) is 5.46. The summed E-state index contributed by atoms with van der Waals surface area (Å²) in [7, 11) is 0. The lowest BCUT2D eigenvalue weighted by Crippen LogP contribution is -2.32. The molecule has 120 valence electrons.